The third kappa shape index (κ3) is 3.21. The smallest absolute Gasteiger partial charge is 0.313 e. The zero-order chi connectivity index (χ0) is 14.7. The van der Waals surface area contributed by atoms with Gasteiger partial charge in [-0.05, 0) is 42.3 Å². The van der Waals surface area contributed by atoms with Crippen molar-refractivity contribution in [1.29, 1.82) is 0 Å². The molecule has 0 saturated carbocycles. The van der Waals surface area contributed by atoms with Crippen LogP contribution >= 0.6 is 23.2 Å². The molecule has 0 N–H and O–H groups in total. The van der Waals surface area contributed by atoms with Crippen LogP contribution in [0.1, 0.15) is 11.1 Å². The minimum atomic E-state index is -0.527. The summed E-state index contributed by atoms with van der Waals surface area (Å²) in [5.74, 6) is 1.08. The molecular weight excluding hydrogens is 301 g/mol. The average Bonchev–Trinajstić information content (AvgIpc) is 2.41. The van der Waals surface area contributed by atoms with Crippen molar-refractivity contribution in [3.8, 4) is 11.5 Å². The first-order valence-corrected chi connectivity index (χ1v) is 6.70. The van der Waals surface area contributed by atoms with Gasteiger partial charge in [-0.15, -0.1) is 11.6 Å². The van der Waals surface area contributed by atoms with Crippen molar-refractivity contribution in [3.63, 3.8) is 0 Å². The van der Waals surface area contributed by atoms with Crippen LogP contribution in [-0.2, 0) is 5.88 Å². The van der Waals surface area contributed by atoms with Gasteiger partial charge in [-0.3, -0.25) is 10.1 Å². The minimum absolute atomic E-state index is 0.150. The van der Waals surface area contributed by atoms with Gasteiger partial charge in [0.2, 0.25) is 5.75 Å². The van der Waals surface area contributed by atoms with Crippen LogP contribution in [0.5, 0.6) is 11.5 Å². The van der Waals surface area contributed by atoms with Gasteiger partial charge in [-0.1, -0.05) is 17.7 Å². The molecule has 0 atom stereocenters. The molecule has 0 aromatic heterocycles. The number of rotatable bonds is 4. The number of alkyl halides is 1. The van der Waals surface area contributed by atoms with Crippen molar-refractivity contribution < 1.29 is 9.66 Å². The maximum Gasteiger partial charge on any atom is 0.313 e. The Kier molecular flexibility index (Phi) is 4.47. The lowest BCUT2D eigenvalue weighted by Gasteiger charge is -2.09. The van der Waals surface area contributed by atoms with E-state index >= 15 is 0 Å². The molecule has 4 nitrogen and oxygen atoms in total. The van der Waals surface area contributed by atoms with Gasteiger partial charge in [0.25, 0.3) is 0 Å². The quantitative estimate of drug-likeness (QED) is 0.449. The molecule has 0 fully saturated rings. The van der Waals surface area contributed by atoms with E-state index in [1.807, 2.05) is 13.0 Å². The molecule has 0 radical (unpaired) electrons. The third-order valence-corrected chi connectivity index (χ3v) is 3.33. The summed E-state index contributed by atoms with van der Waals surface area (Å²) in [7, 11) is 0. The van der Waals surface area contributed by atoms with E-state index in [4.69, 9.17) is 27.9 Å². The molecule has 0 spiro atoms. The number of halogens is 2. The standard InChI is InChI=1S/C14H11Cl2NO3/c1-9-6-12(4-2-10(9)8-15)20-14-5-3-11(16)7-13(14)17(18)19/h2-7H,8H2,1H3. The van der Waals surface area contributed by atoms with E-state index in [1.54, 1.807) is 18.2 Å². The van der Waals surface area contributed by atoms with Crippen molar-refractivity contribution in [2.45, 2.75) is 12.8 Å². The van der Waals surface area contributed by atoms with E-state index in [0.717, 1.165) is 11.1 Å². The fraction of sp³-hybridized carbons (Fsp3) is 0.143. The van der Waals surface area contributed by atoms with Crippen LogP contribution in [0.15, 0.2) is 36.4 Å². The maximum absolute atomic E-state index is 11.0. The molecule has 0 amide bonds. The van der Waals surface area contributed by atoms with E-state index in [9.17, 15) is 10.1 Å². The molecule has 6 heteroatoms. The fourth-order valence-corrected chi connectivity index (χ4v) is 2.19. The Morgan fingerprint density at radius 1 is 1.25 bits per heavy atom. The molecule has 2 rings (SSSR count). The van der Waals surface area contributed by atoms with Gasteiger partial charge in [0.05, 0.1) is 4.92 Å². The monoisotopic (exact) mass is 311 g/mol. The Morgan fingerprint density at radius 3 is 2.60 bits per heavy atom. The van der Waals surface area contributed by atoms with Crippen LogP contribution in [0.4, 0.5) is 5.69 Å². The van der Waals surface area contributed by atoms with Crippen LogP contribution in [0.3, 0.4) is 0 Å². The molecule has 0 heterocycles. The third-order valence-electron chi connectivity index (χ3n) is 2.80. The van der Waals surface area contributed by atoms with Crippen LogP contribution in [-0.4, -0.2) is 4.92 Å². The van der Waals surface area contributed by atoms with Gasteiger partial charge in [0.15, 0.2) is 0 Å². The number of nitro benzene ring substituents is 1. The molecule has 20 heavy (non-hydrogen) atoms. The largest absolute Gasteiger partial charge is 0.450 e. The van der Waals surface area contributed by atoms with Crippen molar-refractivity contribution in [3.05, 3.63) is 62.7 Å². The second kappa shape index (κ2) is 6.11. The molecule has 104 valence electrons. The first kappa shape index (κ1) is 14.6. The van der Waals surface area contributed by atoms with Crippen molar-refractivity contribution in [2.24, 2.45) is 0 Å². The number of nitrogens with zero attached hydrogens (tertiary/aromatic N) is 1. The van der Waals surface area contributed by atoms with Gasteiger partial charge in [0, 0.05) is 17.0 Å². The molecule has 2 aromatic carbocycles. The summed E-state index contributed by atoms with van der Waals surface area (Å²) in [4.78, 5) is 10.5. The van der Waals surface area contributed by atoms with E-state index in [0.29, 0.717) is 11.6 Å². The molecule has 0 bridgehead atoms. The Balaban J connectivity index is 2.35. The second-order valence-corrected chi connectivity index (χ2v) is 4.90. The molecule has 0 unspecified atom stereocenters. The lowest BCUT2D eigenvalue weighted by Crippen LogP contribution is -1.94. The first-order valence-electron chi connectivity index (χ1n) is 5.78. The van der Waals surface area contributed by atoms with Crippen molar-refractivity contribution >= 4 is 28.9 Å². The number of aryl methyl sites for hydroxylation is 1. The predicted molar refractivity (Wildman–Crippen MR) is 78.9 cm³/mol. The molecule has 0 aliphatic rings. The van der Waals surface area contributed by atoms with E-state index in [-0.39, 0.29) is 16.5 Å². The SMILES string of the molecule is Cc1cc(Oc2ccc(Cl)cc2[N+](=O)[O-])ccc1CCl. The van der Waals surface area contributed by atoms with E-state index < -0.39 is 4.92 Å². The van der Waals surface area contributed by atoms with Crippen LogP contribution in [0, 0.1) is 17.0 Å². The zero-order valence-corrected chi connectivity index (χ0v) is 12.1. The summed E-state index contributed by atoms with van der Waals surface area (Å²) in [5.41, 5.74) is 1.79. The summed E-state index contributed by atoms with van der Waals surface area (Å²) >= 11 is 11.5. The van der Waals surface area contributed by atoms with Crippen LogP contribution < -0.4 is 4.74 Å². The summed E-state index contributed by atoms with van der Waals surface area (Å²) in [6.07, 6.45) is 0. The summed E-state index contributed by atoms with van der Waals surface area (Å²) in [5, 5.41) is 11.3. The topological polar surface area (TPSA) is 52.4 Å². The molecule has 2 aromatic rings. The van der Waals surface area contributed by atoms with Crippen LogP contribution in [0.2, 0.25) is 5.02 Å². The van der Waals surface area contributed by atoms with Gasteiger partial charge < -0.3 is 4.74 Å². The van der Waals surface area contributed by atoms with Crippen LogP contribution in [0.25, 0.3) is 0 Å². The molecular formula is C14H11Cl2NO3. The van der Waals surface area contributed by atoms with Crippen molar-refractivity contribution in [1.82, 2.24) is 0 Å². The number of nitro groups is 1. The highest BCUT2D eigenvalue weighted by atomic mass is 35.5. The minimum Gasteiger partial charge on any atom is -0.450 e. The summed E-state index contributed by atoms with van der Waals surface area (Å²) in [6.45, 7) is 1.90. The first-order chi connectivity index (χ1) is 9.51. The maximum atomic E-state index is 11.0. The Hall–Kier alpha value is -1.78. The second-order valence-electron chi connectivity index (χ2n) is 4.19. The van der Waals surface area contributed by atoms with Gasteiger partial charge in [0.1, 0.15) is 5.75 Å². The number of hydrogen-bond acceptors (Lipinski definition) is 3. The highest BCUT2D eigenvalue weighted by Gasteiger charge is 2.16. The van der Waals surface area contributed by atoms with Gasteiger partial charge in [-0.25, -0.2) is 0 Å². The Labute approximate surface area is 126 Å². The number of ether oxygens (including phenoxy) is 1. The van der Waals surface area contributed by atoms with Gasteiger partial charge >= 0.3 is 5.69 Å². The summed E-state index contributed by atoms with van der Waals surface area (Å²) in [6, 6.07) is 9.63. The predicted octanol–water partition coefficient (Wildman–Crippen LogP) is 5.09. The van der Waals surface area contributed by atoms with Gasteiger partial charge in [-0.2, -0.15) is 0 Å². The zero-order valence-electron chi connectivity index (χ0n) is 10.6. The number of benzene rings is 2. The molecule has 0 saturated heterocycles. The summed E-state index contributed by atoms with van der Waals surface area (Å²) < 4.78 is 5.56. The normalized spacial score (nSPS) is 10.3. The lowest BCUT2D eigenvalue weighted by molar-refractivity contribution is -0.385. The molecule has 0 aliphatic carbocycles. The highest BCUT2D eigenvalue weighted by molar-refractivity contribution is 6.30. The lowest BCUT2D eigenvalue weighted by atomic mass is 10.1. The van der Waals surface area contributed by atoms with E-state index in [2.05, 4.69) is 0 Å². The number of hydrogen-bond donors (Lipinski definition) is 0. The highest BCUT2D eigenvalue weighted by Crippen LogP contribution is 2.34. The Bertz CT molecular complexity index is 659. The van der Waals surface area contributed by atoms with E-state index in [1.165, 1.54) is 12.1 Å². The molecule has 0 aliphatic heterocycles. The average molecular weight is 312 g/mol. The van der Waals surface area contributed by atoms with Crippen molar-refractivity contribution in [2.75, 3.05) is 0 Å². The Morgan fingerprint density at radius 2 is 2.00 bits per heavy atom. The fourth-order valence-electron chi connectivity index (χ4n) is 1.73.